The fraction of sp³-hybridized carbons (Fsp3) is 0.240. The van der Waals surface area contributed by atoms with E-state index < -0.39 is 0 Å². The zero-order valence-corrected chi connectivity index (χ0v) is 19.5. The van der Waals surface area contributed by atoms with E-state index in [2.05, 4.69) is 58.9 Å². The monoisotopic (exact) mass is 460 g/mol. The average Bonchev–Trinajstić information content (AvgIpc) is 3.59. The van der Waals surface area contributed by atoms with Crippen molar-refractivity contribution in [2.24, 2.45) is 0 Å². The first kappa shape index (κ1) is 21.0. The average molecular weight is 461 g/mol. The largest absolute Gasteiger partial charge is 0.334 e. The fourth-order valence-electron chi connectivity index (χ4n) is 4.12. The Morgan fingerprint density at radius 1 is 1.06 bits per heavy atom. The number of hydrogen-bond donors (Lipinski definition) is 0. The van der Waals surface area contributed by atoms with Crippen LogP contribution in [0, 0.1) is 6.92 Å². The molecule has 0 saturated carbocycles. The topological polar surface area (TPSA) is 51.0 Å². The smallest absolute Gasteiger partial charge is 0.233 e. The molecule has 1 aliphatic rings. The number of rotatable bonds is 6. The van der Waals surface area contributed by atoms with Gasteiger partial charge in [-0.1, -0.05) is 65.9 Å². The minimum absolute atomic E-state index is 0.158. The molecule has 2 aromatic carbocycles. The van der Waals surface area contributed by atoms with Gasteiger partial charge in [0, 0.05) is 22.7 Å². The van der Waals surface area contributed by atoms with Crippen molar-refractivity contribution in [1.82, 2.24) is 19.7 Å². The molecule has 7 heteroatoms. The van der Waals surface area contributed by atoms with Crippen LogP contribution in [-0.4, -0.2) is 37.9 Å². The van der Waals surface area contributed by atoms with E-state index in [4.69, 9.17) is 0 Å². The highest BCUT2D eigenvalue weighted by Crippen LogP contribution is 2.35. The summed E-state index contributed by atoms with van der Waals surface area (Å²) in [4.78, 5) is 16.5. The number of thioether (sulfide) groups is 1. The lowest BCUT2D eigenvalue weighted by atomic mass is 10.2. The summed E-state index contributed by atoms with van der Waals surface area (Å²) >= 11 is 3.19. The molecule has 0 aliphatic carbocycles. The lowest BCUT2D eigenvalue weighted by Crippen LogP contribution is -2.31. The summed E-state index contributed by atoms with van der Waals surface area (Å²) in [6.07, 6.45) is 2.09. The molecule has 0 N–H and O–H groups in total. The first-order valence-electron chi connectivity index (χ1n) is 10.7. The molecule has 32 heavy (non-hydrogen) atoms. The van der Waals surface area contributed by atoms with Crippen LogP contribution in [0.15, 0.2) is 77.3 Å². The number of benzene rings is 2. The van der Waals surface area contributed by atoms with Gasteiger partial charge in [-0.25, -0.2) is 0 Å². The van der Waals surface area contributed by atoms with Crippen molar-refractivity contribution in [2.45, 2.75) is 31.0 Å². The van der Waals surface area contributed by atoms with Gasteiger partial charge in [0.05, 0.1) is 11.8 Å². The van der Waals surface area contributed by atoms with Crippen LogP contribution in [0.25, 0.3) is 17.1 Å². The quantitative estimate of drug-likeness (QED) is 0.343. The Balaban J connectivity index is 1.41. The molecule has 1 saturated heterocycles. The summed E-state index contributed by atoms with van der Waals surface area (Å²) < 4.78 is 2.05. The van der Waals surface area contributed by atoms with E-state index >= 15 is 0 Å². The highest BCUT2D eigenvalue weighted by atomic mass is 32.2. The number of carbonyl (C=O) groups is 1. The Morgan fingerprint density at radius 3 is 2.62 bits per heavy atom. The standard InChI is InChI=1S/C25H24N4OS2/c1-18-11-13-20(14-12-18)29-24(19-7-3-2-4-8-19)26-27-25(29)32-17-23(30)28-15-5-9-21(28)22-10-6-16-31-22/h2-4,6-8,10-14,16,21H,5,9,15,17H2,1H3. The number of aromatic nitrogens is 3. The Hall–Kier alpha value is -2.90. The number of aryl methyl sites for hydroxylation is 1. The Kier molecular flexibility index (Phi) is 6.10. The van der Waals surface area contributed by atoms with E-state index in [0.29, 0.717) is 5.75 Å². The van der Waals surface area contributed by atoms with E-state index in [-0.39, 0.29) is 11.9 Å². The molecule has 1 aliphatic heterocycles. The number of hydrogen-bond acceptors (Lipinski definition) is 5. The van der Waals surface area contributed by atoms with Crippen molar-refractivity contribution in [2.75, 3.05) is 12.3 Å². The number of carbonyl (C=O) groups excluding carboxylic acids is 1. The van der Waals surface area contributed by atoms with E-state index in [1.165, 1.54) is 22.2 Å². The maximum absolute atomic E-state index is 13.1. The molecule has 1 unspecified atom stereocenters. The van der Waals surface area contributed by atoms with Crippen LogP contribution in [0.4, 0.5) is 0 Å². The van der Waals surface area contributed by atoms with Crippen molar-refractivity contribution >= 4 is 29.0 Å². The molecule has 1 fully saturated rings. The first-order chi connectivity index (χ1) is 15.7. The predicted octanol–water partition coefficient (Wildman–Crippen LogP) is 5.76. The van der Waals surface area contributed by atoms with Gasteiger partial charge in [0.2, 0.25) is 5.91 Å². The van der Waals surface area contributed by atoms with Gasteiger partial charge >= 0.3 is 0 Å². The number of nitrogens with zero attached hydrogens (tertiary/aromatic N) is 4. The highest BCUT2D eigenvalue weighted by molar-refractivity contribution is 7.99. The van der Waals surface area contributed by atoms with Crippen LogP contribution in [0.3, 0.4) is 0 Å². The number of thiophene rings is 1. The second kappa shape index (κ2) is 9.30. The zero-order valence-electron chi connectivity index (χ0n) is 17.8. The minimum atomic E-state index is 0.158. The lowest BCUT2D eigenvalue weighted by Gasteiger charge is -2.23. The Labute approximate surface area is 196 Å². The van der Waals surface area contributed by atoms with Crippen LogP contribution < -0.4 is 0 Å². The lowest BCUT2D eigenvalue weighted by molar-refractivity contribution is -0.129. The van der Waals surface area contributed by atoms with Gasteiger partial charge in [-0.05, 0) is 43.3 Å². The normalized spacial score (nSPS) is 15.9. The molecule has 1 amide bonds. The second-order valence-corrected chi connectivity index (χ2v) is 9.81. The zero-order chi connectivity index (χ0) is 21.9. The summed E-state index contributed by atoms with van der Waals surface area (Å²) in [7, 11) is 0. The maximum Gasteiger partial charge on any atom is 0.233 e. The maximum atomic E-state index is 13.1. The van der Waals surface area contributed by atoms with Crippen molar-refractivity contribution in [3.05, 3.63) is 82.6 Å². The third-order valence-corrected chi connectivity index (χ3v) is 7.61. The Morgan fingerprint density at radius 2 is 1.88 bits per heavy atom. The molecule has 162 valence electrons. The summed E-state index contributed by atoms with van der Waals surface area (Å²) in [5.74, 6) is 1.29. The van der Waals surface area contributed by atoms with E-state index in [9.17, 15) is 4.79 Å². The van der Waals surface area contributed by atoms with Crippen molar-refractivity contribution in [1.29, 1.82) is 0 Å². The van der Waals surface area contributed by atoms with Crippen molar-refractivity contribution in [3.8, 4) is 17.1 Å². The summed E-state index contributed by atoms with van der Waals surface area (Å²) in [5.41, 5.74) is 3.18. The van der Waals surface area contributed by atoms with Gasteiger partial charge in [0.1, 0.15) is 0 Å². The van der Waals surface area contributed by atoms with Crippen molar-refractivity contribution in [3.63, 3.8) is 0 Å². The molecule has 1 atom stereocenters. The minimum Gasteiger partial charge on any atom is -0.334 e. The van der Waals surface area contributed by atoms with Gasteiger partial charge in [0.25, 0.3) is 0 Å². The van der Waals surface area contributed by atoms with Gasteiger partial charge in [-0.15, -0.1) is 21.5 Å². The van der Waals surface area contributed by atoms with Crippen LogP contribution >= 0.6 is 23.1 Å². The molecular formula is C25H24N4OS2. The third kappa shape index (κ3) is 4.23. The van der Waals surface area contributed by atoms with E-state index in [0.717, 1.165) is 41.6 Å². The molecule has 3 heterocycles. The van der Waals surface area contributed by atoms with Gasteiger partial charge in [0.15, 0.2) is 11.0 Å². The molecule has 0 bridgehead atoms. The summed E-state index contributed by atoms with van der Waals surface area (Å²) in [6.45, 7) is 2.89. The molecule has 4 aromatic rings. The summed E-state index contributed by atoms with van der Waals surface area (Å²) in [5, 5.41) is 11.8. The summed E-state index contributed by atoms with van der Waals surface area (Å²) in [6, 6.07) is 22.8. The molecule has 2 aromatic heterocycles. The van der Waals surface area contributed by atoms with Gasteiger partial charge in [-0.2, -0.15) is 0 Å². The Bertz CT molecular complexity index is 1190. The number of amides is 1. The molecule has 0 radical (unpaired) electrons. The predicted molar refractivity (Wildman–Crippen MR) is 130 cm³/mol. The molecular weight excluding hydrogens is 436 g/mol. The van der Waals surface area contributed by atoms with E-state index in [1.807, 2.05) is 39.8 Å². The third-order valence-electron chi connectivity index (χ3n) is 5.73. The molecule has 5 rings (SSSR count). The molecule has 0 spiro atoms. The second-order valence-electron chi connectivity index (χ2n) is 7.89. The van der Waals surface area contributed by atoms with Crippen LogP contribution in [0.5, 0.6) is 0 Å². The van der Waals surface area contributed by atoms with Crippen molar-refractivity contribution < 1.29 is 4.79 Å². The van der Waals surface area contributed by atoms with Gasteiger partial charge in [-0.3, -0.25) is 9.36 Å². The van der Waals surface area contributed by atoms with Crippen LogP contribution in [-0.2, 0) is 4.79 Å². The van der Waals surface area contributed by atoms with Crippen LogP contribution in [0.2, 0.25) is 0 Å². The van der Waals surface area contributed by atoms with Crippen LogP contribution in [0.1, 0.15) is 29.3 Å². The molecule has 5 nitrogen and oxygen atoms in total. The van der Waals surface area contributed by atoms with E-state index in [1.54, 1.807) is 11.3 Å². The van der Waals surface area contributed by atoms with Gasteiger partial charge < -0.3 is 4.90 Å². The number of likely N-dealkylation sites (tertiary alicyclic amines) is 1. The first-order valence-corrected chi connectivity index (χ1v) is 12.6. The fourth-order valence-corrected chi connectivity index (χ4v) is 5.83. The SMILES string of the molecule is Cc1ccc(-n2c(SCC(=O)N3CCCC3c3cccs3)nnc2-c2ccccc2)cc1. The highest BCUT2D eigenvalue weighted by Gasteiger charge is 2.30.